The van der Waals surface area contributed by atoms with E-state index in [0.717, 1.165) is 12.6 Å². The van der Waals surface area contributed by atoms with Crippen LogP contribution in [-0.4, -0.2) is 39.6 Å². The fourth-order valence-electron chi connectivity index (χ4n) is 3.34. The van der Waals surface area contributed by atoms with Crippen molar-refractivity contribution in [3.05, 3.63) is 24.2 Å². The van der Waals surface area contributed by atoms with Crippen LogP contribution >= 0.6 is 0 Å². The second kappa shape index (κ2) is 11.4. The van der Waals surface area contributed by atoms with Gasteiger partial charge in [-0.3, -0.25) is 19.8 Å². The molecule has 1 atom stereocenters. The van der Waals surface area contributed by atoms with Gasteiger partial charge in [0.1, 0.15) is 11.9 Å². The molecule has 1 saturated carbocycles. The molecule has 28 heavy (non-hydrogen) atoms. The monoisotopic (exact) mass is 389 g/mol. The Hall–Kier alpha value is -2.48. The number of carbonyl (C=O) groups is 2. The first-order valence-corrected chi connectivity index (χ1v) is 9.96. The number of nitrogens with one attached hydrogen (secondary N) is 3. The maximum Gasteiger partial charge on any atom is 0.267 e. The Labute approximate surface area is 166 Å². The number of nitrogens with zero attached hydrogens (tertiary/aromatic N) is 2. The molecule has 154 valence electrons. The van der Waals surface area contributed by atoms with Crippen LogP contribution in [0.3, 0.4) is 0 Å². The van der Waals surface area contributed by atoms with Gasteiger partial charge in [0, 0.05) is 12.6 Å². The van der Waals surface area contributed by atoms with E-state index in [1.807, 2.05) is 0 Å². The molecule has 4 N–H and O–H groups in total. The summed E-state index contributed by atoms with van der Waals surface area (Å²) >= 11 is 0. The Bertz CT molecular complexity index is 654. The van der Waals surface area contributed by atoms with Gasteiger partial charge < -0.3 is 10.6 Å². The van der Waals surface area contributed by atoms with Crippen molar-refractivity contribution in [1.29, 1.82) is 0 Å². The molecule has 1 aliphatic carbocycles. The highest BCUT2D eigenvalue weighted by Gasteiger charge is 2.22. The van der Waals surface area contributed by atoms with Gasteiger partial charge in [0.25, 0.3) is 5.91 Å². The third-order valence-electron chi connectivity index (χ3n) is 4.82. The quantitative estimate of drug-likeness (QED) is 0.293. The molecule has 1 aliphatic rings. The summed E-state index contributed by atoms with van der Waals surface area (Å²) in [5.74, 6) is 0.784. The normalized spacial score (nSPS) is 16.1. The minimum Gasteiger partial charge on any atom is -0.357 e. The first kappa shape index (κ1) is 21.8. The maximum atomic E-state index is 12.7. The van der Waals surface area contributed by atoms with Crippen molar-refractivity contribution in [2.75, 3.05) is 11.9 Å². The molecule has 0 saturated heterocycles. The molecular weight excluding hydrogens is 358 g/mol. The Morgan fingerprint density at radius 1 is 1.21 bits per heavy atom. The molecule has 0 spiro atoms. The zero-order valence-corrected chi connectivity index (χ0v) is 16.6. The van der Waals surface area contributed by atoms with Crippen molar-refractivity contribution in [1.82, 2.24) is 20.8 Å². The number of hydrogen-bond acceptors (Lipinski definition) is 6. The summed E-state index contributed by atoms with van der Waals surface area (Å²) in [7, 11) is 0. The zero-order valence-electron chi connectivity index (χ0n) is 16.6. The van der Waals surface area contributed by atoms with Crippen molar-refractivity contribution in [3.63, 3.8) is 0 Å². The molecule has 1 heterocycles. The van der Waals surface area contributed by atoms with E-state index in [1.165, 1.54) is 56.1 Å². The zero-order chi connectivity index (χ0) is 20.4. The molecule has 1 aromatic rings. The lowest BCUT2D eigenvalue weighted by Gasteiger charge is -2.24. The first-order valence-electron chi connectivity index (χ1n) is 9.96. The minimum absolute atomic E-state index is 0.00957. The minimum atomic E-state index is -0.643. The highest BCUT2D eigenvalue weighted by Crippen LogP contribution is 2.23. The Morgan fingerprint density at radius 2 is 1.96 bits per heavy atom. The number of rotatable bonds is 9. The second-order valence-electron chi connectivity index (χ2n) is 7.71. The maximum absolute atomic E-state index is 12.7. The van der Waals surface area contributed by atoms with Crippen molar-refractivity contribution in [3.8, 4) is 0 Å². The van der Waals surface area contributed by atoms with Gasteiger partial charge in [-0.25, -0.2) is 10.5 Å². The highest BCUT2D eigenvalue weighted by atomic mass is 16.5. The van der Waals surface area contributed by atoms with E-state index in [-0.39, 0.29) is 11.9 Å². The van der Waals surface area contributed by atoms with Gasteiger partial charge in [0.15, 0.2) is 0 Å². The summed E-state index contributed by atoms with van der Waals surface area (Å²) in [6.07, 6.45) is 12.5. The summed E-state index contributed by atoms with van der Waals surface area (Å²) in [4.78, 5) is 32.2. The summed E-state index contributed by atoms with van der Waals surface area (Å²) < 4.78 is 0. The number of hydrogen-bond donors (Lipinski definition) is 4. The molecule has 2 rings (SSSR count). The average molecular weight is 390 g/mol. The number of amides is 2. The molecular formula is C20H31N5O3. The van der Waals surface area contributed by atoms with Gasteiger partial charge in [-0.05, 0) is 37.2 Å². The average Bonchev–Trinajstić information content (AvgIpc) is 2.71. The smallest absolute Gasteiger partial charge is 0.267 e. The van der Waals surface area contributed by atoms with E-state index in [9.17, 15) is 9.59 Å². The third-order valence-corrected chi connectivity index (χ3v) is 4.82. The largest absolute Gasteiger partial charge is 0.357 e. The standard InChI is InChI=1S/C20H31N5O3/c1-14(2)10-17(20(27)23-11-15-6-4-3-5-7-15)24-18-13-21-16(12-22-18)8-9-19(26)25-28/h8-9,12-15,17,28H,3-7,10-11H2,1-2H3,(H,22,24)(H,23,27)(H,25,26)/b9-8+/t17-/m1/s1. The summed E-state index contributed by atoms with van der Waals surface area (Å²) in [6.45, 7) is 4.89. The van der Waals surface area contributed by atoms with Crippen LogP contribution in [0.25, 0.3) is 6.08 Å². The summed E-state index contributed by atoms with van der Waals surface area (Å²) in [5.41, 5.74) is 1.98. The van der Waals surface area contributed by atoms with Crippen molar-refractivity contribution in [2.24, 2.45) is 11.8 Å². The molecule has 0 unspecified atom stereocenters. The highest BCUT2D eigenvalue weighted by molar-refractivity contribution is 5.90. The molecule has 0 aliphatic heterocycles. The molecule has 2 amide bonds. The van der Waals surface area contributed by atoms with Gasteiger partial charge in [0.05, 0.1) is 18.1 Å². The Kier molecular flexibility index (Phi) is 8.87. The Balaban J connectivity index is 1.93. The van der Waals surface area contributed by atoms with E-state index < -0.39 is 5.91 Å². The van der Waals surface area contributed by atoms with E-state index in [2.05, 4.69) is 34.4 Å². The van der Waals surface area contributed by atoms with E-state index in [4.69, 9.17) is 5.21 Å². The number of hydroxylamine groups is 1. The van der Waals surface area contributed by atoms with E-state index in [1.54, 1.807) is 0 Å². The lowest BCUT2D eigenvalue weighted by atomic mass is 9.89. The summed E-state index contributed by atoms with van der Waals surface area (Å²) in [5, 5.41) is 14.7. The van der Waals surface area contributed by atoms with Gasteiger partial charge in [0.2, 0.25) is 5.91 Å². The molecule has 8 heteroatoms. The molecule has 8 nitrogen and oxygen atoms in total. The van der Waals surface area contributed by atoms with Crippen LogP contribution in [0.4, 0.5) is 5.82 Å². The van der Waals surface area contributed by atoms with E-state index >= 15 is 0 Å². The molecule has 1 fully saturated rings. The predicted molar refractivity (Wildman–Crippen MR) is 107 cm³/mol. The lowest BCUT2D eigenvalue weighted by molar-refractivity contribution is -0.124. The number of carbonyl (C=O) groups excluding carboxylic acids is 2. The Morgan fingerprint density at radius 3 is 2.57 bits per heavy atom. The molecule has 1 aromatic heterocycles. The van der Waals surface area contributed by atoms with Crippen molar-refractivity contribution in [2.45, 2.75) is 58.4 Å². The second-order valence-corrected chi connectivity index (χ2v) is 7.71. The van der Waals surface area contributed by atoms with Crippen LogP contribution < -0.4 is 16.1 Å². The van der Waals surface area contributed by atoms with E-state index in [0.29, 0.717) is 29.8 Å². The van der Waals surface area contributed by atoms with Crippen LogP contribution in [0.1, 0.15) is 58.1 Å². The molecule has 0 bridgehead atoms. The third kappa shape index (κ3) is 7.64. The van der Waals surface area contributed by atoms with Gasteiger partial charge in [-0.2, -0.15) is 0 Å². The molecule has 0 radical (unpaired) electrons. The SMILES string of the molecule is CC(C)C[C@@H](Nc1cnc(/C=C/C(=O)NO)cn1)C(=O)NCC1CCCCC1. The predicted octanol–water partition coefficient (Wildman–Crippen LogP) is 2.52. The lowest BCUT2D eigenvalue weighted by Crippen LogP contribution is -2.42. The fourth-order valence-corrected chi connectivity index (χ4v) is 3.34. The van der Waals surface area contributed by atoms with Crippen LogP contribution in [0.15, 0.2) is 18.5 Å². The number of anilines is 1. The summed E-state index contributed by atoms with van der Waals surface area (Å²) in [6, 6.07) is -0.376. The van der Waals surface area contributed by atoms with Crippen LogP contribution in [-0.2, 0) is 9.59 Å². The van der Waals surface area contributed by atoms with Crippen LogP contribution in [0.2, 0.25) is 0 Å². The van der Waals surface area contributed by atoms with Crippen LogP contribution in [0, 0.1) is 11.8 Å². The van der Waals surface area contributed by atoms with Gasteiger partial charge in [-0.15, -0.1) is 0 Å². The first-order chi connectivity index (χ1) is 13.5. The van der Waals surface area contributed by atoms with Gasteiger partial charge >= 0.3 is 0 Å². The topological polar surface area (TPSA) is 116 Å². The van der Waals surface area contributed by atoms with Gasteiger partial charge in [-0.1, -0.05) is 33.1 Å². The van der Waals surface area contributed by atoms with Crippen molar-refractivity contribution < 1.29 is 14.8 Å². The van der Waals surface area contributed by atoms with Crippen LogP contribution in [0.5, 0.6) is 0 Å². The number of aromatic nitrogens is 2. The molecule has 0 aromatic carbocycles. The fraction of sp³-hybridized carbons (Fsp3) is 0.600. The van der Waals surface area contributed by atoms with Crippen molar-refractivity contribution >= 4 is 23.7 Å².